The highest BCUT2D eigenvalue weighted by Crippen LogP contribution is 2.39. The summed E-state index contributed by atoms with van der Waals surface area (Å²) in [7, 11) is 1.99. The number of hydrogen-bond acceptors (Lipinski definition) is 2. The first kappa shape index (κ1) is 14.1. The maximum atomic E-state index is 6.12. The zero-order valence-corrected chi connectivity index (χ0v) is 13.4. The van der Waals surface area contributed by atoms with Crippen molar-refractivity contribution in [3.05, 3.63) is 55.6 Å². The molecule has 1 N–H and O–H groups in total. The van der Waals surface area contributed by atoms with Crippen LogP contribution in [-0.4, -0.2) is 7.05 Å². The summed E-state index contributed by atoms with van der Waals surface area (Å²) in [5.74, 6) is 0.401. The Morgan fingerprint density at radius 3 is 2.44 bits per heavy atom. The van der Waals surface area contributed by atoms with Gasteiger partial charge in [-0.2, -0.15) is 0 Å². The highest BCUT2D eigenvalue weighted by molar-refractivity contribution is 9.11. The molecule has 0 fully saturated rings. The first-order valence-electron chi connectivity index (χ1n) is 5.80. The molecule has 1 nitrogen and oxygen atoms in total. The summed E-state index contributed by atoms with van der Waals surface area (Å²) in [6.45, 7) is 2.23. The second-order valence-electron chi connectivity index (χ2n) is 4.24. The van der Waals surface area contributed by atoms with Gasteiger partial charge in [0.15, 0.2) is 0 Å². The van der Waals surface area contributed by atoms with Crippen molar-refractivity contribution in [2.45, 2.75) is 18.9 Å². The largest absolute Gasteiger partial charge is 0.312 e. The van der Waals surface area contributed by atoms with Gasteiger partial charge < -0.3 is 5.32 Å². The van der Waals surface area contributed by atoms with Gasteiger partial charge in [0.25, 0.3) is 0 Å². The average molecular weight is 345 g/mol. The molecule has 0 amide bonds. The first-order valence-corrected chi connectivity index (χ1v) is 7.79. The predicted molar refractivity (Wildman–Crippen MR) is 83.7 cm³/mol. The molecule has 2 atom stereocenters. The van der Waals surface area contributed by atoms with Crippen molar-refractivity contribution in [2.75, 3.05) is 7.05 Å². The maximum Gasteiger partial charge on any atom is 0.0888 e. The van der Waals surface area contributed by atoms with E-state index in [1.165, 1.54) is 10.4 Å². The summed E-state index contributed by atoms with van der Waals surface area (Å²) in [6.07, 6.45) is 0. The van der Waals surface area contributed by atoms with Gasteiger partial charge in [-0.15, -0.1) is 11.3 Å². The molecule has 18 heavy (non-hydrogen) atoms. The van der Waals surface area contributed by atoms with Gasteiger partial charge in [0.2, 0.25) is 0 Å². The third-order valence-electron chi connectivity index (χ3n) is 3.11. The van der Waals surface area contributed by atoms with E-state index in [0.717, 1.165) is 8.81 Å². The molecule has 1 heterocycles. The van der Waals surface area contributed by atoms with Crippen LogP contribution in [-0.2, 0) is 0 Å². The smallest absolute Gasteiger partial charge is 0.0888 e. The molecule has 1 aromatic heterocycles. The van der Waals surface area contributed by atoms with Crippen LogP contribution in [0.5, 0.6) is 0 Å². The Labute approximate surface area is 125 Å². The summed E-state index contributed by atoms with van der Waals surface area (Å²) >= 11 is 11.3. The minimum absolute atomic E-state index is 0.279. The zero-order chi connectivity index (χ0) is 13.1. The summed E-state index contributed by atoms with van der Waals surface area (Å²) in [6, 6.07) is 12.9. The molecule has 0 radical (unpaired) electrons. The van der Waals surface area contributed by atoms with Gasteiger partial charge in [-0.3, -0.25) is 0 Å². The van der Waals surface area contributed by atoms with E-state index >= 15 is 0 Å². The minimum atomic E-state index is 0.279. The lowest BCUT2D eigenvalue weighted by Gasteiger charge is -2.22. The Hall–Kier alpha value is -0.350. The molecule has 0 saturated carbocycles. The zero-order valence-electron chi connectivity index (χ0n) is 10.3. The maximum absolute atomic E-state index is 6.12. The van der Waals surface area contributed by atoms with Gasteiger partial charge in [0, 0.05) is 16.8 Å². The highest BCUT2D eigenvalue weighted by Gasteiger charge is 2.21. The molecule has 0 saturated heterocycles. The third kappa shape index (κ3) is 2.97. The fourth-order valence-electron chi connectivity index (χ4n) is 2.10. The van der Waals surface area contributed by atoms with Gasteiger partial charge in [0.1, 0.15) is 0 Å². The van der Waals surface area contributed by atoms with E-state index in [9.17, 15) is 0 Å². The molecule has 0 spiro atoms. The average Bonchev–Trinajstić information content (AvgIpc) is 2.71. The van der Waals surface area contributed by atoms with Crippen molar-refractivity contribution in [1.82, 2.24) is 5.32 Å². The highest BCUT2D eigenvalue weighted by atomic mass is 79.9. The SMILES string of the molecule is CNC(c1cc(Cl)c(Br)s1)C(C)c1ccccc1. The lowest BCUT2D eigenvalue weighted by molar-refractivity contribution is 0.516. The Morgan fingerprint density at radius 1 is 1.28 bits per heavy atom. The molecule has 1 aromatic carbocycles. The summed E-state index contributed by atoms with van der Waals surface area (Å²) in [5, 5.41) is 4.18. The molecular weight excluding hydrogens is 330 g/mol. The number of benzene rings is 1. The quantitative estimate of drug-likeness (QED) is 0.801. The van der Waals surface area contributed by atoms with Crippen LogP contribution in [0.25, 0.3) is 0 Å². The van der Waals surface area contributed by atoms with Gasteiger partial charge >= 0.3 is 0 Å². The third-order valence-corrected chi connectivity index (χ3v) is 5.66. The molecule has 4 heteroatoms. The van der Waals surface area contributed by atoms with Crippen molar-refractivity contribution < 1.29 is 0 Å². The van der Waals surface area contributed by atoms with Crippen LogP contribution in [0.4, 0.5) is 0 Å². The van der Waals surface area contributed by atoms with Gasteiger partial charge in [-0.1, -0.05) is 48.9 Å². The number of thiophene rings is 1. The number of halogens is 2. The lowest BCUT2D eigenvalue weighted by Crippen LogP contribution is -2.21. The second kappa shape index (κ2) is 6.20. The molecule has 2 aromatic rings. The fraction of sp³-hybridized carbons (Fsp3) is 0.286. The van der Waals surface area contributed by atoms with Gasteiger partial charge in [-0.05, 0) is 34.6 Å². The number of hydrogen-bond donors (Lipinski definition) is 1. The van der Waals surface area contributed by atoms with Crippen molar-refractivity contribution >= 4 is 38.9 Å². The van der Waals surface area contributed by atoms with Crippen LogP contribution in [0.1, 0.15) is 29.3 Å². The number of rotatable bonds is 4. The van der Waals surface area contributed by atoms with E-state index < -0.39 is 0 Å². The van der Waals surface area contributed by atoms with Crippen LogP contribution < -0.4 is 5.32 Å². The molecule has 2 rings (SSSR count). The Bertz CT molecular complexity index is 492. The van der Waals surface area contributed by atoms with E-state index in [0.29, 0.717) is 5.92 Å². The number of likely N-dealkylation sites (N-methyl/N-ethyl adjacent to an activating group) is 1. The first-order chi connectivity index (χ1) is 8.63. The van der Waals surface area contributed by atoms with E-state index in [-0.39, 0.29) is 6.04 Å². The molecule has 0 aliphatic heterocycles. The Morgan fingerprint density at radius 2 is 1.94 bits per heavy atom. The van der Waals surface area contributed by atoms with Gasteiger partial charge in [0.05, 0.1) is 8.81 Å². The minimum Gasteiger partial charge on any atom is -0.312 e. The van der Waals surface area contributed by atoms with Crippen LogP contribution in [0, 0.1) is 0 Å². The van der Waals surface area contributed by atoms with Crippen LogP contribution in [0.3, 0.4) is 0 Å². The van der Waals surface area contributed by atoms with Crippen LogP contribution in [0.15, 0.2) is 40.2 Å². The Balaban J connectivity index is 2.29. The molecule has 0 aliphatic rings. The summed E-state index contributed by atoms with van der Waals surface area (Å²) in [4.78, 5) is 1.26. The van der Waals surface area contributed by atoms with E-state index in [2.05, 4.69) is 52.4 Å². The molecule has 0 aliphatic carbocycles. The van der Waals surface area contributed by atoms with E-state index in [1.54, 1.807) is 11.3 Å². The topological polar surface area (TPSA) is 12.0 Å². The van der Waals surface area contributed by atoms with E-state index in [4.69, 9.17) is 11.6 Å². The fourth-order valence-corrected chi connectivity index (χ4v) is 4.07. The Kier molecular flexibility index (Phi) is 4.84. The lowest BCUT2D eigenvalue weighted by atomic mass is 9.92. The second-order valence-corrected chi connectivity index (χ2v) is 7.04. The number of nitrogens with one attached hydrogen (secondary N) is 1. The van der Waals surface area contributed by atoms with Crippen molar-refractivity contribution in [2.24, 2.45) is 0 Å². The molecule has 2 unspecified atom stereocenters. The summed E-state index contributed by atoms with van der Waals surface area (Å²) in [5.41, 5.74) is 1.33. The van der Waals surface area contributed by atoms with E-state index in [1.807, 2.05) is 19.2 Å². The van der Waals surface area contributed by atoms with Gasteiger partial charge in [-0.25, -0.2) is 0 Å². The van der Waals surface area contributed by atoms with Crippen molar-refractivity contribution in [1.29, 1.82) is 0 Å². The van der Waals surface area contributed by atoms with Crippen molar-refractivity contribution in [3.8, 4) is 0 Å². The monoisotopic (exact) mass is 343 g/mol. The van der Waals surface area contributed by atoms with Crippen LogP contribution in [0.2, 0.25) is 5.02 Å². The summed E-state index contributed by atoms with van der Waals surface area (Å²) < 4.78 is 1.000. The molecule has 0 bridgehead atoms. The van der Waals surface area contributed by atoms with Crippen molar-refractivity contribution in [3.63, 3.8) is 0 Å². The molecular formula is C14H15BrClNS. The standard InChI is InChI=1S/C14H15BrClNS/c1-9(10-6-4-3-5-7-10)13(17-2)12-8-11(16)14(15)18-12/h3-9,13,17H,1-2H3. The predicted octanol–water partition coefficient (Wildman–Crippen LogP) is 5.23. The van der Waals surface area contributed by atoms with Crippen LogP contribution >= 0.6 is 38.9 Å². The molecule has 96 valence electrons. The normalized spacial score (nSPS) is 14.4.